The normalized spacial score (nSPS) is 16.9. The molecule has 1 aliphatic rings. The zero-order valence-corrected chi connectivity index (χ0v) is 16.2. The van der Waals surface area contributed by atoms with Gasteiger partial charge in [-0.1, -0.05) is 48.5 Å². The zero-order chi connectivity index (χ0) is 18.9. The Labute approximate surface area is 162 Å². The molecule has 0 radical (unpaired) electrons. The molecule has 1 heterocycles. The van der Waals surface area contributed by atoms with Gasteiger partial charge in [0.05, 0.1) is 6.54 Å². The van der Waals surface area contributed by atoms with Crippen LogP contribution in [-0.2, 0) is 6.42 Å². The third-order valence-corrected chi connectivity index (χ3v) is 5.15. The number of guanidine groups is 1. The number of hydrogen-bond acceptors (Lipinski definition) is 3. The molecule has 1 unspecified atom stereocenters. The summed E-state index contributed by atoms with van der Waals surface area (Å²) < 4.78 is 0. The molecule has 0 bridgehead atoms. The van der Waals surface area contributed by atoms with Crippen LogP contribution in [0.1, 0.15) is 12.5 Å². The van der Waals surface area contributed by atoms with Gasteiger partial charge in [-0.2, -0.15) is 0 Å². The van der Waals surface area contributed by atoms with Crippen LogP contribution in [0.2, 0.25) is 0 Å². The van der Waals surface area contributed by atoms with Crippen molar-refractivity contribution in [2.75, 3.05) is 44.2 Å². The maximum Gasteiger partial charge on any atom is 0.188 e. The minimum Gasteiger partial charge on any atom is -0.370 e. The fourth-order valence-corrected chi connectivity index (χ4v) is 3.44. The minimum atomic E-state index is 0.400. The van der Waals surface area contributed by atoms with E-state index in [1.807, 2.05) is 6.07 Å². The topological polar surface area (TPSA) is 56.9 Å². The second-order valence-corrected chi connectivity index (χ2v) is 7.10. The number of para-hydroxylation sites is 1. The number of anilines is 1. The zero-order valence-electron chi connectivity index (χ0n) is 16.2. The van der Waals surface area contributed by atoms with E-state index in [4.69, 9.17) is 5.73 Å². The maximum absolute atomic E-state index is 6.03. The molecule has 0 saturated carbocycles. The van der Waals surface area contributed by atoms with Crippen LogP contribution < -0.4 is 16.0 Å². The van der Waals surface area contributed by atoms with Crippen LogP contribution in [-0.4, -0.2) is 56.2 Å². The average molecular weight is 366 g/mol. The Bertz CT molecular complexity index is 693. The fourth-order valence-electron chi connectivity index (χ4n) is 3.44. The lowest BCUT2D eigenvalue weighted by atomic mass is 10.1. The van der Waals surface area contributed by atoms with Gasteiger partial charge in [0.1, 0.15) is 0 Å². The van der Waals surface area contributed by atoms with E-state index in [0.29, 0.717) is 12.0 Å². The van der Waals surface area contributed by atoms with Gasteiger partial charge in [0.2, 0.25) is 0 Å². The summed E-state index contributed by atoms with van der Waals surface area (Å²) in [6, 6.07) is 21.5. The second kappa shape index (κ2) is 9.97. The molecule has 3 rings (SSSR count). The highest BCUT2D eigenvalue weighted by Crippen LogP contribution is 2.16. The van der Waals surface area contributed by atoms with Crippen molar-refractivity contribution >= 4 is 11.6 Å². The molecule has 27 heavy (non-hydrogen) atoms. The Balaban J connectivity index is 1.37. The lowest BCUT2D eigenvalue weighted by Gasteiger charge is -2.38. The van der Waals surface area contributed by atoms with Crippen molar-refractivity contribution in [1.82, 2.24) is 10.2 Å². The highest BCUT2D eigenvalue weighted by Gasteiger charge is 2.20. The highest BCUT2D eigenvalue weighted by molar-refractivity contribution is 5.77. The Morgan fingerprint density at radius 1 is 1.00 bits per heavy atom. The van der Waals surface area contributed by atoms with Crippen molar-refractivity contribution in [3.63, 3.8) is 0 Å². The first kappa shape index (κ1) is 19.2. The largest absolute Gasteiger partial charge is 0.370 e. The van der Waals surface area contributed by atoms with E-state index in [1.54, 1.807) is 0 Å². The van der Waals surface area contributed by atoms with Gasteiger partial charge < -0.3 is 16.0 Å². The van der Waals surface area contributed by atoms with E-state index in [2.05, 4.69) is 81.6 Å². The van der Waals surface area contributed by atoms with Gasteiger partial charge in [-0.05, 0) is 31.0 Å². The predicted octanol–water partition coefficient (Wildman–Crippen LogP) is 2.34. The maximum atomic E-state index is 6.03. The number of benzene rings is 2. The first-order valence-electron chi connectivity index (χ1n) is 9.84. The summed E-state index contributed by atoms with van der Waals surface area (Å²) in [7, 11) is 0. The summed E-state index contributed by atoms with van der Waals surface area (Å²) in [4.78, 5) is 9.49. The van der Waals surface area contributed by atoms with Crippen LogP contribution >= 0.6 is 0 Å². The SMILES string of the molecule is CC(CN=C(N)NCCc1ccccc1)N1CCN(c2ccccc2)CC1. The average Bonchev–Trinajstić information content (AvgIpc) is 2.73. The molecule has 2 aromatic carbocycles. The van der Waals surface area contributed by atoms with Crippen molar-refractivity contribution in [1.29, 1.82) is 0 Å². The molecule has 1 aliphatic heterocycles. The van der Waals surface area contributed by atoms with Gasteiger partial charge >= 0.3 is 0 Å². The molecule has 3 N–H and O–H groups in total. The van der Waals surface area contributed by atoms with E-state index in [0.717, 1.165) is 45.7 Å². The van der Waals surface area contributed by atoms with Crippen molar-refractivity contribution < 1.29 is 0 Å². The Kier molecular flexibility index (Phi) is 7.11. The number of nitrogens with zero attached hydrogens (tertiary/aromatic N) is 3. The lowest BCUT2D eigenvalue weighted by molar-refractivity contribution is 0.201. The minimum absolute atomic E-state index is 0.400. The molecular formula is C22H31N5. The van der Waals surface area contributed by atoms with Gasteiger partial charge in [0, 0.05) is 44.5 Å². The van der Waals surface area contributed by atoms with Crippen molar-refractivity contribution in [2.24, 2.45) is 10.7 Å². The molecule has 1 fully saturated rings. The molecule has 2 aromatic rings. The van der Waals surface area contributed by atoms with E-state index in [9.17, 15) is 0 Å². The van der Waals surface area contributed by atoms with Crippen LogP contribution in [0.4, 0.5) is 5.69 Å². The molecule has 144 valence electrons. The summed E-state index contributed by atoms with van der Waals surface area (Å²) in [5, 5.41) is 3.22. The van der Waals surface area contributed by atoms with Gasteiger partial charge in [-0.3, -0.25) is 9.89 Å². The Hall–Kier alpha value is -2.53. The molecule has 1 atom stereocenters. The van der Waals surface area contributed by atoms with Crippen LogP contribution in [0.15, 0.2) is 65.7 Å². The van der Waals surface area contributed by atoms with E-state index < -0.39 is 0 Å². The second-order valence-electron chi connectivity index (χ2n) is 7.10. The number of nitrogens with two attached hydrogens (primary N) is 1. The molecular weight excluding hydrogens is 334 g/mol. The molecule has 0 spiro atoms. The molecule has 0 aliphatic carbocycles. The Morgan fingerprint density at radius 3 is 2.30 bits per heavy atom. The van der Waals surface area contributed by atoms with Gasteiger partial charge in [-0.15, -0.1) is 0 Å². The summed E-state index contributed by atoms with van der Waals surface area (Å²) >= 11 is 0. The third kappa shape index (κ3) is 6.00. The van der Waals surface area contributed by atoms with Crippen molar-refractivity contribution in [2.45, 2.75) is 19.4 Å². The van der Waals surface area contributed by atoms with Crippen LogP contribution in [0.3, 0.4) is 0 Å². The third-order valence-electron chi connectivity index (χ3n) is 5.15. The fraction of sp³-hybridized carbons (Fsp3) is 0.409. The first-order valence-corrected chi connectivity index (χ1v) is 9.84. The van der Waals surface area contributed by atoms with Gasteiger partial charge in [0.25, 0.3) is 0 Å². The summed E-state index contributed by atoms with van der Waals surface area (Å²) in [5.41, 5.74) is 8.65. The molecule has 1 saturated heterocycles. The number of hydrogen-bond donors (Lipinski definition) is 2. The summed E-state index contributed by atoms with van der Waals surface area (Å²) in [6.07, 6.45) is 0.952. The number of aliphatic imine (C=N–C) groups is 1. The summed E-state index contributed by atoms with van der Waals surface area (Å²) in [5.74, 6) is 0.542. The van der Waals surface area contributed by atoms with Crippen LogP contribution in [0, 0.1) is 0 Å². The predicted molar refractivity (Wildman–Crippen MR) is 114 cm³/mol. The van der Waals surface area contributed by atoms with E-state index in [-0.39, 0.29) is 0 Å². The number of piperazine rings is 1. The molecule has 0 amide bonds. The van der Waals surface area contributed by atoms with Crippen molar-refractivity contribution in [3.8, 4) is 0 Å². The van der Waals surface area contributed by atoms with E-state index >= 15 is 0 Å². The molecule has 5 nitrogen and oxygen atoms in total. The standard InChI is InChI=1S/C22H31N5/c1-19(18-25-22(23)24-13-12-20-8-4-2-5-9-20)26-14-16-27(17-15-26)21-10-6-3-7-11-21/h2-11,19H,12-18H2,1H3,(H3,23,24,25). The quantitative estimate of drug-likeness (QED) is 0.584. The first-order chi connectivity index (χ1) is 13.2. The van der Waals surface area contributed by atoms with Crippen molar-refractivity contribution in [3.05, 3.63) is 66.2 Å². The summed E-state index contributed by atoms with van der Waals surface area (Å²) in [6.45, 7) is 8.02. The van der Waals surface area contributed by atoms with Gasteiger partial charge in [0.15, 0.2) is 5.96 Å². The smallest absolute Gasteiger partial charge is 0.188 e. The molecule has 0 aromatic heterocycles. The highest BCUT2D eigenvalue weighted by atomic mass is 15.3. The monoisotopic (exact) mass is 365 g/mol. The van der Waals surface area contributed by atoms with Crippen LogP contribution in [0.5, 0.6) is 0 Å². The van der Waals surface area contributed by atoms with Gasteiger partial charge in [-0.25, -0.2) is 0 Å². The lowest BCUT2D eigenvalue weighted by Crippen LogP contribution is -2.50. The number of rotatable bonds is 7. The Morgan fingerprint density at radius 2 is 1.63 bits per heavy atom. The number of nitrogens with one attached hydrogen (secondary N) is 1. The van der Waals surface area contributed by atoms with Crippen LogP contribution in [0.25, 0.3) is 0 Å². The van der Waals surface area contributed by atoms with E-state index in [1.165, 1.54) is 11.3 Å². The molecule has 5 heteroatoms.